The van der Waals surface area contributed by atoms with Crippen molar-refractivity contribution in [3.05, 3.63) is 82.9 Å². The fourth-order valence-corrected chi connectivity index (χ4v) is 5.50. The van der Waals surface area contributed by atoms with Crippen LogP contribution in [0.3, 0.4) is 0 Å². The zero-order valence-corrected chi connectivity index (χ0v) is 17.9. The van der Waals surface area contributed by atoms with Crippen molar-refractivity contribution in [2.75, 3.05) is 4.72 Å². The van der Waals surface area contributed by atoms with E-state index in [1.54, 1.807) is 6.92 Å². The van der Waals surface area contributed by atoms with Crippen molar-refractivity contribution < 1.29 is 26.7 Å². The molecule has 0 saturated heterocycles. The highest BCUT2D eigenvalue weighted by atomic mass is 35.5. The topological polar surface area (TPSA) is 118 Å². The maximum Gasteiger partial charge on any atom is 0.335 e. The third kappa shape index (κ3) is 4.48. The minimum Gasteiger partial charge on any atom is -0.478 e. The van der Waals surface area contributed by atoms with Gasteiger partial charge in [0.15, 0.2) is 0 Å². The number of halogens is 1. The van der Waals surface area contributed by atoms with Gasteiger partial charge < -0.3 is 5.11 Å². The molecular formula is C20H16ClNO6S2. The quantitative estimate of drug-likeness (QED) is 0.568. The lowest BCUT2D eigenvalue weighted by molar-refractivity contribution is 0.0697. The highest BCUT2D eigenvalue weighted by molar-refractivity contribution is 7.93. The Labute approximate surface area is 178 Å². The average Bonchev–Trinajstić information content (AvgIpc) is 2.68. The average molecular weight is 466 g/mol. The smallest absolute Gasteiger partial charge is 0.335 e. The molecule has 0 atom stereocenters. The van der Waals surface area contributed by atoms with E-state index in [4.69, 9.17) is 16.7 Å². The molecular weight excluding hydrogens is 450 g/mol. The number of carboxylic acid groups (broad SMARTS) is 1. The van der Waals surface area contributed by atoms with Crippen molar-refractivity contribution in [1.29, 1.82) is 0 Å². The van der Waals surface area contributed by atoms with Crippen molar-refractivity contribution in [1.82, 2.24) is 0 Å². The number of carboxylic acids is 1. The van der Waals surface area contributed by atoms with E-state index in [1.807, 2.05) is 0 Å². The third-order valence-electron chi connectivity index (χ3n) is 4.27. The summed E-state index contributed by atoms with van der Waals surface area (Å²) in [6.07, 6.45) is 0. The lowest BCUT2D eigenvalue weighted by Crippen LogP contribution is -2.15. The molecule has 0 aromatic heterocycles. The molecule has 0 unspecified atom stereocenters. The molecule has 3 aromatic rings. The van der Waals surface area contributed by atoms with E-state index >= 15 is 0 Å². The number of hydrogen-bond donors (Lipinski definition) is 2. The molecule has 0 radical (unpaired) electrons. The molecule has 0 spiro atoms. The van der Waals surface area contributed by atoms with Crippen molar-refractivity contribution in [3.63, 3.8) is 0 Å². The van der Waals surface area contributed by atoms with E-state index in [2.05, 4.69) is 4.72 Å². The van der Waals surface area contributed by atoms with Gasteiger partial charge in [-0.15, -0.1) is 0 Å². The molecule has 0 bridgehead atoms. The summed E-state index contributed by atoms with van der Waals surface area (Å²) in [4.78, 5) is 10.5. The Morgan fingerprint density at radius 1 is 0.867 bits per heavy atom. The lowest BCUT2D eigenvalue weighted by Gasteiger charge is -2.13. The van der Waals surface area contributed by atoms with Crippen LogP contribution in [-0.2, 0) is 19.9 Å². The maximum absolute atomic E-state index is 12.9. The van der Waals surface area contributed by atoms with Crippen molar-refractivity contribution >= 4 is 43.1 Å². The molecule has 0 saturated carbocycles. The molecule has 10 heteroatoms. The Hall–Kier alpha value is -2.88. The van der Waals surface area contributed by atoms with Crippen LogP contribution in [0.15, 0.2) is 81.4 Å². The van der Waals surface area contributed by atoms with Gasteiger partial charge in [-0.1, -0.05) is 17.7 Å². The molecule has 0 fully saturated rings. The molecule has 3 rings (SSSR count). The molecule has 3 aromatic carbocycles. The van der Waals surface area contributed by atoms with Gasteiger partial charge in [0.25, 0.3) is 10.0 Å². The number of aromatic carboxylic acids is 1. The molecule has 0 amide bonds. The fourth-order valence-electron chi connectivity index (χ4n) is 2.68. The van der Waals surface area contributed by atoms with Crippen LogP contribution in [0.25, 0.3) is 0 Å². The highest BCUT2D eigenvalue weighted by Gasteiger charge is 2.23. The van der Waals surface area contributed by atoms with E-state index in [0.717, 1.165) is 6.07 Å². The van der Waals surface area contributed by atoms with Crippen molar-refractivity contribution in [3.8, 4) is 0 Å². The molecule has 7 nitrogen and oxygen atoms in total. The Morgan fingerprint density at radius 2 is 1.43 bits per heavy atom. The van der Waals surface area contributed by atoms with E-state index in [1.165, 1.54) is 60.7 Å². The second kappa shape index (κ2) is 8.10. The number of sulfonamides is 1. The zero-order chi connectivity index (χ0) is 22.1. The van der Waals surface area contributed by atoms with Crippen LogP contribution in [0.1, 0.15) is 15.9 Å². The summed E-state index contributed by atoms with van der Waals surface area (Å²) < 4.78 is 53.8. The number of benzene rings is 3. The van der Waals surface area contributed by atoms with E-state index in [-0.39, 0.29) is 25.9 Å². The molecule has 0 aliphatic rings. The van der Waals surface area contributed by atoms with Gasteiger partial charge in [0.2, 0.25) is 9.84 Å². The number of anilines is 1. The predicted molar refractivity (Wildman–Crippen MR) is 112 cm³/mol. The van der Waals surface area contributed by atoms with Crippen LogP contribution in [0.5, 0.6) is 0 Å². The van der Waals surface area contributed by atoms with Crippen LogP contribution in [0.4, 0.5) is 5.69 Å². The van der Waals surface area contributed by atoms with Crippen molar-refractivity contribution in [2.24, 2.45) is 0 Å². The first-order chi connectivity index (χ1) is 14.0. The van der Waals surface area contributed by atoms with Gasteiger partial charge in [-0.2, -0.15) is 0 Å². The summed E-state index contributed by atoms with van der Waals surface area (Å²) >= 11 is 5.80. The second-order valence-electron chi connectivity index (χ2n) is 6.37. The second-order valence-corrected chi connectivity index (χ2v) is 10.4. The lowest BCUT2D eigenvalue weighted by atomic mass is 10.2. The number of sulfone groups is 1. The van der Waals surface area contributed by atoms with Crippen LogP contribution < -0.4 is 4.72 Å². The minimum atomic E-state index is -4.13. The normalized spacial score (nSPS) is 11.8. The standard InChI is InChI=1S/C20H16ClNO6S2/c1-13-2-9-18(29(25,26)17-10-5-15(21)6-11-17)12-19(13)30(27,28)22-16-7-3-14(4-8-16)20(23)24/h2-12,22H,1H3,(H,23,24). The largest absolute Gasteiger partial charge is 0.478 e. The van der Waals surface area contributed by atoms with Gasteiger partial charge in [0.1, 0.15) is 0 Å². The summed E-state index contributed by atoms with van der Waals surface area (Å²) in [5.74, 6) is -1.14. The van der Waals surface area contributed by atoms with Crippen LogP contribution in [0.2, 0.25) is 5.02 Å². The summed E-state index contributed by atoms with van der Waals surface area (Å²) in [6, 6.07) is 14.5. The van der Waals surface area contributed by atoms with E-state index in [0.29, 0.717) is 10.6 Å². The molecule has 0 aliphatic carbocycles. The molecule has 30 heavy (non-hydrogen) atoms. The number of carbonyl (C=O) groups is 1. The van der Waals surface area contributed by atoms with Crippen LogP contribution in [0, 0.1) is 6.92 Å². The molecule has 2 N–H and O–H groups in total. The van der Waals surface area contributed by atoms with Crippen molar-refractivity contribution in [2.45, 2.75) is 21.6 Å². The zero-order valence-electron chi connectivity index (χ0n) is 15.5. The Balaban J connectivity index is 1.99. The van der Waals surface area contributed by atoms with Gasteiger partial charge in [0.05, 0.1) is 20.2 Å². The summed E-state index contributed by atoms with van der Waals surface area (Å²) in [5, 5.41) is 9.31. The summed E-state index contributed by atoms with van der Waals surface area (Å²) in [7, 11) is -8.09. The monoisotopic (exact) mass is 465 g/mol. The van der Waals surface area contributed by atoms with Gasteiger partial charge in [-0.25, -0.2) is 21.6 Å². The first-order valence-corrected chi connectivity index (χ1v) is 11.8. The van der Waals surface area contributed by atoms with E-state index in [9.17, 15) is 21.6 Å². The minimum absolute atomic E-state index is 0.00480. The molecule has 156 valence electrons. The Bertz CT molecular complexity index is 1320. The maximum atomic E-state index is 12.9. The molecule has 0 aliphatic heterocycles. The number of rotatable bonds is 6. The van der Waals surface area contributed by atoms with Gasteiger partial charge in [0, 0.05) is 10.7 Å². The third-order valence-corrected chi connectivity index (χ3v) is 7.81. The molecule has 0 heterocycles. The van der Waals surface area contributed by atoms with Crippen LogP contribution in [-0.4, -0.2) is 27.9 Å². The van der Waals surface area contributed by atoms with Gasteiger partial charge in [-0.3, -0.25) is 4.72 Å². The van der Waals surface area contributed by atoms with Crippen LogP contribution >= 0.6 is 11.6 Å². The number of hydrogen-bond acceptors (Lipinski definition) is 5. The first kappa shape index (κ1) is 21.8. The first-order valence-electron chi connectivity index (χ1n) is 8.48. The predicted octanol–water partition coefficient (Wildman–Crippen LogP) is 3.98. The SMILES string of the molecule is Cc1ccc(S(=O)(=O)c2ccc(Cl)cc2)cc1S(=O)(=O)Nc1ccc(C(=O)O)cc1. The number of nitrogens with one attached hydrogen (secondary N) is 1. The summed E-state index contributed by atoms with van der Waals surface area (Å²) in [6.45, 7) is 1.54. The fraction of sp³-hybridized carbons (Fsp3) is 0.0500. The van der Waals surface area contributed by atoms with E-state index < -0.39 is 25.8 Å². The van der Waals surface area contributed by atoms with Gasteiger partial charge >= 0.3 is 5.97 Å². The number of aryl methyl sites for hydroxylation is 1. The summed E-state index contributed by atoms with van der Waals surface area (Å²) in [5.41, 5.74) is 0.496. The van der Waals surface area contributed by atoms with Gasteiger partial charge in [-0.05, 0) is 73.2 Å². The highest BCUT2D eigenvalue weighted by Crippen LogP contribution is 2.27. The Morgan fingerprint density at radius 3 is 2.00 bits per heavy atom. The Kier molecular flexibility index (Phi) is 5.89.